The zero-order valence-corrected chi connectivity index (χ0v) is 20.4. The van der Waals surface area contributed by atoms with Crippen LogP contribution in [0.25, 0.3) is 0 Å². The van der Waals surface area contributed by atoms with E-state index in [-0.39, 0.29) is 55.2 Å². The fourth-order valence-corrected chi connectivity index (χ4v) is 5.24. The first-order valence-corrected chi connectivity index (χ1v) is 12.2. The van der Waals surface area contributed by atoms with Crippen LogP contribution < -0.4 is 0 Å². The summed E-state index contributed by atoms with van der Waals surface area (Å²) in [6.45, 7) is 8.00. The molecule has 0 aliphatic heterocycles. The second kappa shape index (κ2) is 12.1. The average Bonchev–Trinajstić information content (AvgIpc) is 2.70. The normalized spacial score (nSPS) is 29.1. The summed E-state index contributed by atoms with van der Waals surface area (Å²) < 4.78 is 6.12. The Bertz CT molecular complexity index is 726. The number of aliphatic hydroxyl groups excluding tert-OH is 3. The Hall–Kier alpha value is -1.70. The Morgan fingerprint density at radius 3 is 2.55 bits per heavy atom. The number of carbonyl (C=O) groups excluding carboxylic acids is 1. The molecular formula is C26H42O7. The summed E-state index contributed by atoms with van der Waals surface area (Å²) in [5, 5.41) is 38.2. The smallest absolute Gasteiger partial charge is 0.311 e. The van der Waals surface area contributed by atoms with Gasteiger partial charge >= 0.3 is 11.9 Å². The molecule has 2 aliphatic rings. The van der Waals surface area contributed by atoms with E-state index in [1.54, 1.807) is 0 Å². The first-order valence-electron chi connectivity index (χ1n) is 12.2. The Labute approximate surface area is 197 Å². The summed E-state index contributed by atoms with van der Waals surface area (Å²) in [4.78, 5) is 23.8. The fraction of sp³-hybridized carbons (Fsp3) is 0.769. The lowest BCUT2D eigenvalue weighted by Crippen LogP contribution is -2.43. The molecule has 7 heteroatoms. The number of fused-ring (bicyclic) bond motifs is 1. The third kappa shape index (κ3) is 7.94. The minimum absolute atomic E-state index is 0.0328. The Balaban J connectivity index is 2.12. The van der Waals surface area contributed by atoms with E-state index in [4.69, 9.17) is 14.9 Å². The molecule has 0 amide bonds. The number of aliphatic hydroxyl groups is 3. The number of esters is 1. The summed E-state index contributed by atoms with van der Waals surface area (Å²) in [6.07, 6.45) is 7.07. The van der Waals surface area contributed by atoms with Gasteiger partial charge in [0.2, 0.25) is 0 Å². The van der Waals surface area contributed by atoms with Gasteiger partial charge in [-0.1, -0.05) is 32.1 Å². The van der Waals surface area contributed by atoms with Gasteiger partial charge in [0.15, 0.2) is 0 Å². The number of hydrogen-bond acceptors (Lipinski definition) is 6. The van der Waals surface area contributed by atoms with Gasteiger partial charge in [-0.25, -0.2) is 0 Å². The maximum atomic E-state index is 13.0. The lowest BCUT2D eigenvalue weighted by molar-refractivity contribution is -0.165. The maximum Gasteiger partial charge on any atom is 0.311 e. The molecule has 0 fully saturated rings. The van der Waals surface area contributed by atoms with E-state index in [2.05, 4.69) is 32.1 Å². The van der Waals surface area contributed by atoms with Crippen LogP contribution in [0.2, 0.25) is 0 Å². The first-order chi connectivity index (χ1) is 15.4. The molecule has 2 rings (SSSR count). The van der Waals surface area contributed by atoms with E-state index in [0.717, 1.165) is 6.42 Å². The van der Waals surface area contributed by atoms with Crippen molar-refractivity contribution in [2.24, 2.45) is 29.1 Å². The van der Waals surface area contributed by atoms with Gasteiger partial charge in [-0.15, -0.1) is 0 Å². The summed E-state index contributed by atoms with van der Waals surface area (Å²) in [6, 6.07) is 0. The molecule has 0 aromatic rings. The molecule has 7 atom stereocenters. The van der Waals surface area contributed by atoms with Crippen molar-refractivity contribution in [2.75, 3.05) is 6.61 Å². The number of allylic oxidation sites excluding steroid dienone is 3. The Morgan fingerprint density at radius 1 is 1.21 bits per heavy atom. The predicted octanol–water partition coefficient (Wildman–Crippen LogP) is 3.47. The van der Waals surface area contributed by atoms with Gasteiger partial charge in [-0.3, -0.25) is 9.59 Å². The van der Waals surface area contributed by atoms with E-state index < -0.39 is 23.6 Å². The minimum Gasteiger partial charge on any atom is -0.481 e. The molecule has 7 nitrogen and oxygen atoms in total. The molecule has 0 heterocycles. The monoisotopic (exact) mass is 466 g/mol. The molecule has 0 saturated heterocycles. The molecule has 33 heavy (non-hydrogen) atoms. The van der Waals surface area contributed by atoms with Crippen LogP contribution in [0, 0.1) is 29.1 Å². The van der Waals surface area contributed by atoms with Crippen LogP contribution in [-0.2, 0) is 14.3 Å². The van der Waals surface area contributed by atoms with E-state index in [1.165, 1.54) is 5.57 Å². The molecule has 2 aliphatic carbocycles. The summed E-state index contributed by atoms with van der Waals surface area (Å²) in [7, 11) is 0. The molecule has 0 aromatic heterocycles. The Kier molecular flexibility index (Phi) is 10.1. The number of carbonyl (C=O) groups is 2. The SMILES string of the molecule is C[C@H]1C=C2C=C[C@H](C)[C@H](CC[C@@H](O)C[C@@H](O)CC(=O)O)[C@H]2[C@@H](OC(=O)C(C)(C)CCCO)C1. The van der Waals surface area contributed by atoms with E-state index in [1.807, 2.05) is 13.8 Å². The van der Waals surface area contributed by atoms with Crippen LogP contribution in [0.4, 0.5) is 0 Å². The van der Waals surface area contributed by atoms with Gasteiger partial charge in [0.1, 0.15) is 6.10 Å². The average molecular weight is 467 g/mol. The second-order valence-electron chi connectivity index (χ2n) is 10.7. The molecule has 0 saturated carbocycles. The van der Waals surface area contributed by atoms with Crippen molar-refractivity contribution in [1.29, 1.82) is 0 Å². The van der Waals surface area contributed by atoms with Crippen LogP contribution in [0.15, 0.2) is 23.8 Å². The molecule has 0 spiro atoms. The predicted molar refractivity (Wildman–Crippen MR) is 125 cm³/mol. The zero-order valence-electron chi connectivity index (χ0n) is 20.4. The van der Waals surface area contributed by atoms with Gasteiger partial charge in [0.05, 0.1) is 24.0 Å². The van der Waals surface area contributed by atoms with E-state index in [0.29, 0.717) is 25.7 Å². The van der Waals surface area contributed by atoms with Gasteiger partial charge in [0, 0.05) is 12.5 Å². The van der Waals surface area contributed by atoms with Gasteiger partial charge in [-0.05, 0) is 75.7 Å². The fourth-order valence-electron chi connectivity index (χ4n) is 5.24. The molecule has 4 N–H and O–H groups in total. The van der Waals surface area contributed by atoms with Crippen LogP contribution in [-0.4, -0.2) is 57.3 Å². The summed E-state index contributed by atoms with van der Waals surface area (Å²) >= 11 is 0. The van der Waals surface area contributed by atoms with E-state index in [9.17, 15) is 19.8 Å². The number of ether oxygens (including phenoxy) is 1. The van der Waals surface area contributed by atoms with Crippen molar-refractivity contribution in [3.05, 3.63) is 23.8 Å². The highest BCUT2D eigenvalue weighted by molar-refractivity contribution is 5.76. The lowest BCUT2D eigenvalue weighted by atomic mass is 9.65. The molecule has 0 radical (unpaired) electrons. The number of rotatable bonds is 12. The maximum absolute atomic E-state index is 13.0. The first kappa shape index (κ1) is 27.5. The Morgan fingerprint density at radius 2 is 1.91 bits per heavy atom. The molecule has 0 aromatic carbocycles. The highest BCUT2D eigenvalue weighted by Gasteiger charge is 2.43. The molecule has 188 valence electrons. The van der Waals surface area contributed by atoms with Crippen molar-refractivity contribution >= 4 is 11.9 Å². The highest BCUT2D eigenvalue weighted by Crippen LogP contribution is 2.45. The number of carboxylic acid groups (broad SMARTS) is 1. The quantitative estimate of drug-likeness (QED) is 0.325. The number of hydrogen-bond donors (Lipinski definition) is 4. The van der Waals surface area contributed by atoms with Crippen molar-refractivity contribution in [2.45, 2.75) is 91.0 Å². The largest absolute Gasteiger partial charge is 0.481 e. The number of carboxylic acids is 1. The van der Waals surface area contributed by atoms with E-state index >= 15 is 0 Å². The highest BCUT2D eigenvalue weighted by atomic mass is 16.5. The lowest BCUT2D eigenvalue weighted by Gasteiger charge is -2.44. The third-order valence-corrected chi connectivity index (χ3v) is 7.15. The molecule has 0 bridgehead atoms. The van der Waals surface area contributed by atoms with Crippen LogP contribution in [0.3, 0.4) is 0 Å². The van der Waals surface area contributed by atoms with Crippen molar-refractivity contribution < 1.29 is 34.8 Å². The molecule has 0 unspecified atom stereocenters. The topological polar surface area (TPSA) is 124 Å². The molecular weight excluding hydrogens is 424 g/mol. The zero-order chi connectivity index (χ0) is 24.8. The van der Waals surface area contributed by atoms with Crippen LogP contribution >= 0.6 is 0 Å². The van der Waals surface area contributed by atoms with Crippen LogP contribution in [0.1, 0.15) is 72.6 Å². The summed E-state index contributed by atoms with van der Waals surface area (Å²) in [5.41, 5.74) is 0.498. The third-order valence-electron chi connectivity index (χ3n) is 7.15. The van der Waals surface area contributed by atoms with Gasteiger partial charge < -0.3 is 25.2 Å². The van der Waals surface area contributed by atoms with Crippen molar-refractivity contribution in [1.82, 2.24) is 0 Å². The van der Waals surface area contributed by atoms with Crippen molar-refractivity contribution in [3.8, 4) is 0 Å². The number of aliphatic carboxylic acids is 1. The van der Waals surface area contributed by atoms with Crippen LogP contribution in [0.5, 0.6) is 0 Å². The minimum atomic E-state index is -1.08. The van der Waals surface area contributed by atoms with Gasteiger partial charge in [0.25, 0.3) is 0 Å². The summed E-state index contributed by atoms with van der Waals surface area (Å²) in [5.74, 6) is -0.607. The standard InChI is InChI=1S/C26H42O7/c1-16-12-18-7-6-17(2)21(9-8-19(28)14-20(29)15-23(30)31)24(18)22(13-16)33-25(32)26(3,4)10-5-11-27/h6-7,12,16-17,19-22,24,27-29H,5,8-11,13-15H2,1-4H3,(H,30,31)/t16-,17-,19+,20+,21-,22-,24-/m0/s1. The van der Waals surface area contributed by atoms with Crippen molar-refractivity contribution in [3.63, 3.8) is 0 Å². The van der Waals surface area contributed by atoms with Gasteiger partial charge in [-0.2, -0.15) is 0 Å². The second-order valence-corrected chi connectivity index (χ2v) is 10.7.